The van der Waals surface area contributed by atoms with Crippen LogP contribution in [0.5, 0.6) is 0 Å². The van der Waals surface area contributed by atoms with Gasteiger partial charge in [0.05, 0.1) is 11.3 Å². The lowest BCUT2D eigenvalue weighted by Crippen LogP contribution is -2.07. The molecule has 0 aliphatic carbocycles. The van der Waals surface area contributed by atoms with Crippen LogP contribution in [0, 0.1) is 11.3 Å². The Labute approximate surface area is 70.8 Å². The number of nitrogens with two attached hydrogens (primary N) is 2. The van der Waals surface area contributed by atoms with Crippen molar-refractivity contribution in [1.29, 1.82) is 5.26 Å². The second kappa shape index (κ2) is 3.69. The average molecular weight is 162 g/mol. The molecule has 0 aliphatic rings. The minimum absolute atomic E-state index is 0.428. The molecule has 0 saturated carbocycles. The summed E-state index contributed by atoms with van der Waals surface area (Å²) in [4.78, 5) is 4.01. The molecular formula is C8H10N4. The summed E-state index contributed by atoms with van der Waals surface area (Å²) in [5.41, 5.74) is 12.0. The highest BCUT2D eigenvalue weighted by atomic mass is 14.8. The SMILES string of the molecule is N#Cc1ccc(N)nc1CCN. The molecule has 4 N–H and O–H groups in total. The molecule has 0 fully saturated rings. The molecule has 1 heterocycles. The highest BCUT2D eigenvalue weighted by Crippen LogP contribution is 2.07. The zero-order chi connectivity index (χ0) is 8.97. The monoisotopic (exact) mass is 162 g/mol. The third-order valence-electron chi connectivity index (χ3n) is 1.50. The topological polar surface area (TPSA) is 88.7 Å². The van der Waals surface area contributed by atoms with Crippen molar-refractivity contribution in [2.24, 2.45) is 5.73 Å². The Hall–Kier alpha value is -1.60. The fraction of sp³-hybridized carbons (Fsp3) is 0.250. The number of nitrogens with zero attached hydrogens (tertiary/aromatic N) is 2. The Morgan fingerprint density at radius 2 is 2.25 bits per heavy atom. The number of rotatable bonds is 2. The van der Waals surface area contributed by atoms with Gasteiger partial charge < -0.3 is 11.5 Å². The second-order valence-electron chi connectivity index (χ2n) is 2.38. The average Bonchev–Trinajstić information content (AvgIpc) is 2.05. The molecule has 0 saturated heterocycles. The number of hydrogen-bond acceptors (Lipinski definition) is 4. The molecule has 0 aromatic carbocycles. The fourth-order valence-electron chi connectivity index (χ4n) is 0.947. The maximum Gasteiger partial charge on any atom is 0.123 e. The van der Waals surface area contributed by atoms with Crippen molar-refractivity contribution >= 4 is 5.82 Å². The van der Waals surface area contributed by atoms with E-state index in [0.717, 1.165) is 0 Å². The third-order valence-corrected chi connectivity index (χ3v) is 1.50. The molecular weight excluding hydrogens is 152 g/mol. The van der Waals surface area contributed by atoms with Crippen LogP contribution in [0.4, 0.5) is 5.82 Å². The van der Waals surface area contributed by atoms with E-state index in [1.807, 2.05) is 6.07 Å². The maximum absolute atomic E-state index is 8.66. The van der Waals surface area contributed by atoms with Crippen molar-refractivity contribution in [2.75, 3.05) is 12.3 Å². The molecule has 4 heteroatoms. The Balaban J connectivity index is 3.06. The van der Waals surface area contributed by atoms with Crippen LogP contribution in [0.25, 0.3) is 0 Å². The second-order valence-corrected chi connectivity index (χ2v) is 2.38. The summed E-state index contributed by atoms with van der Waals surface area (Å²) in [6.07, 6.45) is 0.591. The molecule has 0 spiro atoms. The van der Waals surface area contributed by atoms with Gasteiger partial charge in [-0.2, -0.15) is 5.26 Å². The van der Waals surface area contributed by atoms with E-state index in [-0.39, 0.29) is 0 Å². The molecule has 62 valence electrons. The van der Waals surface area contributed by atoms with E-state index in [4.69, 9.17) is 16.7 Å². The van der Waals surface area contributed by atoms with Gasteiger partial charge in [0.25, 0.3) is 0 Å². The number of aromatic nitrogens is 1. The molecule has 1 aromatic heterocycles. The molecule has 0 bridgehead atoms. The lowest BCUT2D eigenvalue weighted by atomic mass is 10.1. The van der Waals surface area contributed by atoms with E-state index in [0.29, 0.717) is 30.0 Å². The Kier molecular flexibility index (Phi) is 2.62. The van der Waals surface area contributed by atoms with E-state index >= 15 is 0 Å². The minimum Gasteiger partial charge on any atom is -0.384 e. The first kappa shape index (κ1) is 8.50. The summed E-state index contributed by atoms with van der Waals surface area (Å²) < 4.78 is 0. The summed E-state index contributed by atoms with van der Waals surface area (Å²) in [5, 5.41) is 8.66. The number of hydrogen-bond donors (Lipinski definition) is 2. The van der Waals surface area contributed by atoms with Crippen molar-refractivity contribution in [2.45, 2.75) is 6.42 Å². The first-order valence-corrected chi connectivity index (χ1v) is 3.63. The molecule has 0 radical (unpaired) electrons. The molecule has 0 unspecified atom stereocenters. The van der Waals surface area contributed by atoms with Crippen LogP contribution >= 0.6 is 0 Å². The molecule has 1 rings (SSSR count). The van der Waals surface area contributed by atoms with Gasteiger partial charge in [-0.05, 0) is 18.7 Å². The van der Waals surface area contributed by atoms with Gasteiger partial charge in [-0.25, -0.2) is 4.98 Å². The molecule has 4 nitrogen and oxygen atoms in total. The van der Waals surface area contributed by atoms with Gasteiger partial charge in [0.1, 0.15) is 11.9 Å². The van der Waals surface area contributed by atoms with Gasteiger partial charge >= 0.3 is 0 Å². The van der Waals surface area contributed by atoms with Crippen LogP contribution in [-0.4, -0.2) is 11.5 Å². The van der Waals surface area contributed by atoms with Crippen LogP contribution in [0.15, 0.2) is 12.1 Å². The van der Waals surface area contributed by atoms with Crippen molar-refractivity contribution in [3.8, 4) is 6.07 Å². The number of anilines is 1. The fourth-order valence-corrected chi connectivity index (χ4v) is 0.947. The van der Waals surface area contributed by atoms with Crippen LogP contribution in [0.2, 0.25) is 0 Å². The largest absolute Gasteiger partial charge is 0.384 e. The zero-order valence-corrected chi connectivity index (χ0v) is 6.62. The Morgan fingerprint density at radius 3 is 2.83 bits per heavy atom. The summed E-state index contributed by atoms with van der Waals surface area (Å²) in [5.74, 6) is 0.428. The summed E-state index contributed by atoms with van der Waals surface area (Å²) in [7, 11) is 0. The van der Waals surface area contributed by atoms with E-state index < -0.39 is 0 Å². The van der Waals surface area contributed by atoms with E-state index in [9.17, 15) is 0 Å². The predicted octanol–water partition coefficient (Wildman–Crippen LogP) is 0.0367. The summed E-state index contributed by atoms with van der Waals surface area (Å²) in [6.45, 7) is 0.477. The van der Waals surface area contributed by atoms with Gasteiger partial charge in [-0.15, -0.1) is 0 Å². The van der Waals surface area contributed by atoms with Gasteiger partial charge in [0.15, 0.2) is 0 Å². The maximum atomic E-state index is 8.66. The number of pyridine rings is 1. The molecule has 0 atom stereocenters. The third kappa shape index (κ3) is 1.71. The van der Waals surface area contributed by atoms with Crippen molar-refractivity contribution in [3.05, 3.63) is 23.4 Å². The highest BCUT2D eigenvalue weighted by molar-refractivity contribution is 5.40. The van der Waals surface area contributed by atoms with E-state index in [1.165, 1.54) is 0 Å². The standard InChI is InChI=1S/C8H10N4/c9-4-3-7-6(5-10)1-2-8(11)12-7/h1-2H,3-4,9H2,(H2,11,12). The van der Waals surface area contributed by atoms with Crippen LogP contribution in [0.3, 0.4) is 0 Å². The molecule has 12 heavy (non-hydrogen) atoms. The van der Waals surface area contributed by atoms with Crippen LogP contribution in [0.1, 0.15) is 11.3 Å². The predicted molar refractivity (Wildman–Crippen MR) is 46.1 cm³/mol. The van der Waals surface area contributed by atoms with Gasteiger partial charge in [-0.1, -0.05) is 0 Å². The van der Waals surface area contributed by atoms with Crippen molar-refractivity contribution < 1.29 is 0 Å². The Morgan fingerprint density at radius 1 is 1.50 bits per heavy atom. The summed E-state index contributed by atoms with van der Waals surface area (Å²) in [6, 6.07) is 5.30. The minimum atomic E-state index is 0.428. The van der Waals surface area contributed by atoms with E-state index in [2.05, 4.69) is 4.98 Å². The lowest BCUT2D eigenvalue weighted by molar-refractivity contribution is 0.921. The smallest absolute Gasteiger partial charge is 0.123 e. The van der Waals surface area contributed by atoms with Crippen molar-refractivity contribution in [1.82, 2.24) is 4.98 Å². The van der Waals surface area contributed by atoms with Crippen molar-refractivity contribution in [3.63, 3.8) is 0 Å². The molecule has 1 aromatic rings. The van der Waals surface area contributed by atoms with Gasteiger partial charge in [0.2, 0.25) is 0 Å². The lowest BCUT2D eigenvalue weighted by Gasteiger charge is -2.01. The Bertz CT molecular complexity index is 313. The first-order valence-electron chi connectivity index (χ1n) is 3.63. The van der Waals surface area contributed by atoms with Gasteiger partial charge in [-0.3, -0.25) is 0 Å². The van der Waals surface area contributed by atoms with Gasteiger partial charge in [0, 0.05) is 6.42 Å². The normalized spacial score (nSPS) is 9.33. The number of nitriles is 1. The quantitative estimate of drug-likeness (QED) is 0.642. The molecule has 0 amide bonds. The highest BCUT2D eigenvalue weighted by Gasteiger charge is 2.02. The van der Waals surface area contributed by atoms with Crippen LogP contribution in [-0.2, 0) is 6.42 Å². The first-order chi connectivity index (χ1) is 5.77. The van der Waals surface area contributed by atoms with Crippen LogP contribution < -0.4 is 11.5 Å². The summed E-state index contributed by atoms with van der Waals surface area (Å²) >= 11 is 0. The van der Waals surface area contributed by atoms with E-state index in [1.54, 1.807) is 12.1 Å². The number of nitrogen functional groups attached to an aromatic ring is 1. The zero-order valence-electron chi connectivity index (χ0n) is 6.62. The molecule has 0 aliphatic heterocycles.